The molecule has 28 heavy (non-hydrogen) atoms. The average molecular weight is 381 g/mol. The van der Waals surface area contributed by atoms with Gasteiger partial charge in [-0.3, -0.25) is 4.79 Å². The number of esters is 1. The number of ether oxygens (including phenoxy) is 1. The van der Waals surface area contributed by atoms with E-state index >= 15 is 0 Å². The van der Waals surface area contributed by atoms with E-state index in [-0.39, 0.29) is 19.1 Å². The van der Waals surface area contributed by atoms with Crippen molar-refractivity contribution in [2.45, 2.75) is 40.2 Å². The van der Waals surface area contributed by atoms with Crippen LogP contribution in [-0.4, -0.2) is 27.6 Å². The minimum absolute atomic E-state index is 0.0445. The van der Waals surface area contributed by atoms with Gasteiger partial charge in [0.2, 0.25) is 5.91 Å². The Kier molecular flexibility index (Phi) is 5.87. The molecule has 1 amide bonds. The topological polar surface area (TPSA) is 65.3 Å². The predicted octanol–water partition coefficient (Wildman–Crippen LogP) is 3.92. The highest BCUT2D eigenvalue weighted by molar-refractivity contribution is 5.98. The molecule has 0 radical (unpaired) electrons. The number of nitrogens with zero attached hydrogens (tertiary/aromatic N) is 2. The lowest BCUT2D eigenvalue weighted by Crippen LogP contribution is -2.23. The number of anilines is 1. The quantitative estimate of drug-likeness (QED) is 0.631. The van der Waals surface area contributed by atoms with E-state index in [1.54, 1.807) is 17.6 Å². The van der Waals surface area contributed by atoms with Crippen molar-refractivity contribution in [1.29, 1.82) is 0 Å². The maximum Gasteiger partial charge on any atom is 0.355 e. The van der Waals surface area contributed by atoms with Crippen molar-refractivity contribution < 1.29 is 14.3 Å². The van der Waals surface area contributed by atoms with Gasteiger partial charge in [-0.25, -0.2) is 4.79 Å². The molecule has 148 valence electrons. The Hall–Kier alpha value is -3.02. The number of rotatable bonds is 7. The number of para-hydroxylation sites is 1. The molecule has 0 unspecified atom stereocenters. The first-order valence-corrected chi connectivity index (χ1v) is 9.72. The summed E-state index contributed by atoms with van der Waals surface area (Å²) >= 11 is 0. The van der Waals surface area contributed by atoms with E-state index < -0.39 is 5.97 Å². The van der Waals surface area contributed by atoms with Crippen molar-refractivity contribution in [3.8, 4) is 0 Å². The number of fused-ring (bicyclic) bond motifs is 1. The number of nitrogens with one attached hydrogen (secondary N) is 1. The summed E-state index contributed by atoms with van der Waals surface area (Å²) in [5.74, 6) is -0.586. The molecule has 0 bridgehead atoms. The number of aryl methyl sites for hydroxylation is 3. The minimum atomic E-state index is -0.422. The second kappa shape index (κ2) is 8.33. The van der Waals surface area contributed by atoms with Crippen LogP contribution in [0.3, 0.4) is 0 Å². The molecule has 1 N–H and O–H groups in total. The zero-order chi connectivity index (χ0) is 20.3. The van der Waals surface area contributed by atoms with E-state index in [0.717, 1.165) is 40.7 Å². The van der Waals surface area contributed by atoms with Crippen LogP contribution in [0.2, 0.25) is 0 Å². The monoisotopic (exact) mass is 381 g/mol. The molecule has 0 saturated carbocycles. The van der Waals surface area contributed by atoms with Gasteiger partial charge >= 0.3 is 5.97 Å². The lowest BCUT2D eigenvalue weighted by atomic mass is 10.0. The number of carbonyl (C=O) groups is 2. The maximum atomic E-state index is 12.9. The van der Waals surface area contributed by atoms with Crippen LogP contribution in [0.25, 0.3) is 11.0 Å². The molecule has 3 aromatic rings. The van der Waals surface area contributed by atoms with Crippen molar-refractivity contribution in [1.82, 2.24) is 9.13 Å². The predicted molar refractivity (Wildman–Crippen MR) is 111 cm³/mol. The number of hydrogen-bond acceptors (Lipinski definition) is 3. The summed E-state index contributed by atoms with van der Waals surface area (Å²) < 4.78 is 8.83. The number of hydrogen-bond donors (Lipinski definition) is 1. The molecule has 0 aliphatic carbocycles. The Morgan fingerprint density at radius 2 is 1.71 bits per heavy atom. The Morgan fingerprint density at radius 3 is 2.32 bits per heavy atom. The van der Waals surface area contributed by atoms with E-state index in [0.29, 0.717) is 5.69 Å². The van der Waals surface area contributed by atoms with Crippen LogP contribution in [0, 0.1) is 0 Å². The van der Waals surface area contributed by atoms with Crippen LogP contribution in [0.15, 0.2) is 36.5 Å². The number of benzene rings is 1. The fourth-order valence-corrected chi connectivity index (χ4v) is 3.54. The van der Waals surface area contributed by atoms with Gasteiger partial charge in [0.15, 0.2) is 0 Å². The molecule has 6 heteroatoms. The van der Waals surface area contributed by atoms with Crippen molar-refractivity contribution in [3.05, 3.63) is 53.3 Å². The van der Waals surface area contributed by atoms with Crippen LogP contribution in [0.5, 0.6) is 0 Å². The Labute approximate surface area is 165 Å². The summed E-state index contributed by atoms with van der Waals surface area (Å²) in [5, 5.41) is 3.07. The van der Waals surface area contributed by atoms with Crippen molar-refractivity contribution in [2.75, 3.05) is 11.9 Å². The zero-order valence-electron chi connectivity index (χ0n) is 16.9. The fraction of sp³-hybridized carbons (Fsp3) is 0.364. The molecule has 6 nitrogen and oxygen atoms in total. The van der Waals surface area contributed by atoms with E-state index in [1.165, 1.54) is 0 Å². The summed E-state index contributed by atoms with van der Waals surface area (Å²) in [4.78, 5) is 25.3. The van der Waals surface area contributed by atoms with Gasteiger partial charge in [-0.1, -0.05) is 32.0 Å². The smallest absolute Gasteiger partial charge is 0.355 e. The Balaban J connectivity index is 1.94. The second-order valence-electron chi connectivity index (χ2n) is 6.74. The molecule has 0 spiro atoms. The van der Waals surface area contributed by atoms with Gasteiger partial charge in [-0.05, 0) is 43.0 Å². The summed E-state index contributed by atoms with van der Waals surface area (Å²) in [6, 6.07) is 9.76. The Morgan fingerprint density at radius 1 is 1.04 bits per heavy atom. The molecule has 1 aromatic carbocycles. The van der Waals surface area contributed by atoms with E-state index in [4.69, 9.17) is 4.74 Å². The highest BCUT2D eigenvalue weighted by atomic mass is 16.5. The van der Waals surface area contributed by atoms with Crippen LogP contribution >= 0.6 is 0 Å². The summed E-state index contributed by atoms with van der Waals surface area (Å²) in [7, 11) is 1.91. The Bertz CT molecular complexity index is 991. The largest absolute Gasteiger partial charge is 0.461 e. The third kappa shape index (κ3) is 3.67. The number of carbonyl (C=O) groups excluding carboxylic acids is 2. The van der Waals surface area contributed by atoms with Crippen LogP contribution in [0.4, 0.5) is 5.69 Å². The number of amides is 1. The van der Waals surface area contributed by atoms with E-state index in [1.807, 2.05) is 42.1 Å². The van der Waals surface area contributed by atoms with E-state index in [2.05, 4.69) is 19.2 Å². The van der Waals surface area contributed by atoms with Gasteiger partial charge in [0, 0.05) is 18.9 Å². The van der Waals surface area contributed by atoms with Gasteiger partial charge in [0.1, 0.15) is 12.2 Å². The molecule has 2 heterocycles. The zero-order valence-corrected chi connectivity index (χ0v) is 16.9. The summed E-state index contributed by atoms with van der Waals surface area (Å²) in [5.41, 5.74) is 5.20. The van der Waals surface area contributed by atoms with Crippen molar-refractivity contribution >= 4 is 28.6 Å². The van der Waals surface area contributed by atoms with Gasteiger partial charge in [-0.15, -0.1) is 0 Å². The first-order chi connectivity index (χ1) is 13.5. The highest BCUT2D eigenvalue weighted by Crippen LogP contribution is 2.24. The fourth-order valence-electron chi connectivity index (χ4n) is 3.54. The average Bonchev–Trinajstić information content (AvgIpc) is 3.22. The van der Waals surface area contributed by atoms with Crippen molar-refractivity contribution in [2.24, 2.45) is 7.05 Å². The summed E-state index contributed by atoms with van der Waals surface area (Å²) in [6.07, 6.45) is 3.59. The molecule has 0 fully saturated rings. The normalized spacial score (nSPS) is 11.0. The standard InChI is InChI=1S/C22H27N3O3/c1-5-15-9-8-10-16(6-2)21(15)23-20(26)14-25-17-11-12-24(4)18(17)13-19(25)22(27)28-7-3/h8-13H,5-7,14H2,1-4H3,(H,23,26). The molecule has 0 saturated heterocycles. The molecule has 2 aromatic heterocycles. The lowest BCUT2D eigenvalue weighted by Gasteiger charge is -2.15. The summed E-state index contributed by atoms with van der Waals surface area (Å²) in [6.45, 7) is 6.25. The van der Waals surface area contributed by atoms with Gasteiger partial charge in [0.05, 0.1) is 17.6 Å². The highest BCUT2D eigenvalue weighted by Gasteiger charge is 2.21. The van der Waals surface area contributed by atoms with E-state index in [9.17, 15) is 9.59 Å². The SMILES string of the molecule is CCOC(=O)c1cc2c(ccn2C)n1CC(=O)Nc1c(CC)cccc1CC. The molecule has 0 atom stereocenters. The third-order valence-corrected chi connectivity index (χ3v) is 5.00. The second-order valence-corrected chi connectivity index (χ2v) is 6.74. The molecule has 0 aliphatic rings. The molecule has 0 aliphatic heterocycles. The van der Waals surface area contributed by atoms with Crippen molar-refractivity contribution in [3.63, 3.8) is 0 Å². The molecular formula is C22H27N3O3. The maximum absolute atomic E-state index is 12.9. The van der Waals surface area contributed by atoms with Gasteiger partial charge in [-0.2, -0.15) is 0 Å². The molecule has 3 rings (SSSR count). The number of aromatic nitrogens is 2. The minimum Gasteiger partial charge on any atom is -0.461 e. The van der Waals surface area contributed by atoms with Gasteiger partial charge < -0.3 is 19.2 Å². The molecular weight excluding hydrogens is 354 g/mol. The first-order valence-electron chi connectivity index (χ1n) is 9.72. The van der Waals surface area contributed by atoms with Crippen LogP contribution in [0.1, 0.15) is 42.4 Å². The van der Waals surface area contributed by atoms with Crippen LogP contribution in [-0.2, 0) is 36.0 Å². The van der Waals surface area contributed by atoms with Gasteiger partial charge in [0.25, 0.3) is 0 Å². The lowest BCUT2D eigenvalue weighted by molar-refractivity contribution is -0.116. The van der Waals surface area contributed by atoms with Crippen LogP contribution < -0.4 is 5.32 Å². The first kappa shape index (κ1) is 19.7. The third-order valence-electron chi connectivity index (χ3n) is 5.00.